The standard InChI is InChI=1S/C30H27F3N6OS/c1-39(2)23-13-6-18(7-14-23)8-15-24-25(26-27(34)35-17-36-28(26)41-24)19-9-11-21(12-10-19)37-29(40)38-22-5-3-4-20(16-22)30(31,32)33/h3-7,9-14,16-17H,8,15H2,1-2H3,(H2,34,35,36)(H2,37,38,40). The third-order valence-corrected chi connectivity index (χ3v) is 7.72. The number of carbonyl (C=O) groups is 1. The lowest BCUT2D eigenvalue weighted by molar-refractivity contribution is -0.137. The number of halogens is 3. The van der Waals surface area contributed by atoms with Crippen LogP contribution in [0.3, 0.4) is 0 Å². The second-order valence-electron chi connectivity index (χ2n) is 9.64. The number of nitrogens with one attached hydrogen (secondary N) is 2. The minimum Gasteiger partial charge on any atom is -0.383 e. The number of carbonyl (C=O) groups excluding carboxylic acids is 1. The minimum absolute atomic E-state index is 0.0372. The molecule has 5 rings (SSSR count). The smallest absolute Gasteiger partial charge is 0.383 e. The van der Waals surface area contributed by atoms with E-state index in [1.165, 1.54) is 24.0 Å². The number of aromatic nitrogens is 2. The van der Waals surface area contributed by atoms with Gasteiger partial charge in [-0.15, -0.1) is 11.3 Å². The van der Waals surface area contributed by atoms with Crippen molar-refractivity contribution in [3.8, 4) is 11.1 Å². The summed E-state index contributed by atoms with van der Waals surface area (Å²) in [5.41, 5.74) is 10.1. The molecule has 0 saturated heterocycles. The molecule has 0 bridgehead atoms. The summed E-state index contributed by atoms with van der Waals surface area (Å²) in [6.07, 6.45) is -1.44. The van der Waals surface area contributed by atoms with Gasteiger partial charge in [0.2, 0.25) is 0 Å². The predicted molar refractivity (Wildman–Crippen MR) is 160 cm³/mol. The number of amides is 2. The van der Waals surface area contributed by atoms with Crippen molar-refractivity contribution in [1.29, 1.82) is 0 Å². The Balaban J connectivity index is 1.35. The van der Waals surface area contributed by atoms with Crippen molar-refractivity contribution in [2.75, 3.05) is 35.4 Å². The first-order chi connectivity index (χ1) is 19.6. The molecule has 0 spiro atoms. The van der Waals surface area contributed by atoms with E-state index in [0.29, 0.717) is 11.5 Å². The number of fused-ring (bicyclic) bond motifs is 1. The maximum Gasteiger partial charge on any atom is 0.416 e. The van der Waals surface area contributed by atoms with Crippen LogP contribution < -0.4 is 21.3 Å². The molecule has 0 aliphatic heterocycles. The van der Waals surface area contributed by atoms with Crippen LogP contribution in [-0.4, -0.2) is 30.1 Å². The number of anilines is 4. The summed E-state index contributed by atoms with van der Waals surface area (Å²) < 4.78 is 39.0. The van der Waals surface area contributed by atoms with Crippen molar-refractivity contribution < 1.29 is 18.0 Å². The maximum absolute atomic E-state index is 13.0. The summed E-state index contributed by atoms with van der Waals surface area (Å²) >= 11 is 1.58. The van der Waals surface area contributed by atoms with Crippen molar-refractivity contribution in [2.45, 2.75) is 19.0 Å². The van der Waals surface area contributed by atoms with Crippen LogP contribution in [0.4, 0.5) is 40.8 Å². The Morgan fingerprint density at radius 2 is 1.63 bits per heavy atom. The van der Waals surface area contributed by atoms with Crippen LogP contribution in [0, 0.1) is 0 Å². The van der Waals surface area contributed by atoms with E-state index < -0.39 is 17.8 Å². The number of hydrogen-bond acceptors (Lipinski definition) is 6. The van der Waals surface area contributed by atoms with Crippen molar-refractivity contribution in [3.63, 3.8) is 0 Å². The molecular formula is C30H27F3N6OS. The van der Waals surface area contributed by atoms with Gasteiger partial charge in [-0.3, -0.25) is 0 Å². The summed E-state index contributed by atoms with van der Waals surface area (Å²) in [6, 6.07) is 19.4. The number of alkyl halides is 3. The first kappa shape index (κ1) is 27.9. The molecule has 0 aliphatic carbocycles. The molecule has 0 saturated carbocycles. The van der Waals surface area contributed by atoms with Gasteiger partial charge in [0.15, 0.2) is 0 Å². The predicted octanol–water partition coefficient (Wildman–Crippen LogP) is 7.45. The van der Waals surface area contributed by atoms with E-state index in [0.717, 1.165) is 56.9 Å². The van der Waals surface area contributed by atoms with Crippen molar-refractivity contribution in [3.05, 3.63) is 95.1 Å². The van der Waals surface area contributed by atoms with E-state index in [1.54, 1.807) is 23.5 Å². The lowest BCUT2D eigenvalue weighted by Gasteiger charge is -2.13. The average Bonchev–Trinajstić information content (AvgIpc) is 3.32. The summed E-state index contributed by atoms with van der Waals surface area (Å²) in [6.45, 7) is 0. The van der Waals surface area contributed by atoms with E-state index in [-0.39, 0.29) is 5.69 Å². The van der Waals surface area contributed by atoms with E-state index in [1.807, 2.05) is 26.2 Å². The number of hydrogen-bond donors (Lipinski definition) is 3. The molecule has 3 aromatic carbocycles. The highest BCUT2D eigenvalue weighted by Gasteiger charge is 2.30. The van der Waals surface area contributed by atoms with Crippen LogP contribution in [-0.2, 0) is 19.0 Å². The molecule has 2 amide bonds. The van der Waals surface area contributed by atoms with Gasteiger partial charge >= 0.3 is 12.2 Å². The molecule has 0 radical (unpaired) electrons. The normalized spacial score (nSPS) is 11.4. The molecule has 0 fully saturated rings. The van der Waals surface area contributed by atoms with E-state index in [9.17, 15) is 18.0 Å². The maximum atomic E-state index is 13.0. The fourth-order valence-corrected chi connectivity index (χ4v) is 5.66. The van der Waals surface area contributed by atoms with Crippen LogP contribution in [0.2, 0.25) is 0 Å². The van der Waals surface area contributed by atoms with Gasteiger partial charge in [-0.1, -0.05) is 30.3 Å². The quantitative estimate of drug-likeness (QED) is 0.187. The second-order valence-corrected chi connectivity index (χ2v) is 10.7. The monoisotopic (exact) mass is 576 g/mol. The zero-order valence-corrected chi connectivity index (χ0v) is 23.1. The summed E-state index contributed by atoms with van der Waals surface area (Å²) in [4.78, 5) is 25.1. The number of nitrogens with two attached hydrogens (primary N) is 1. The fraction of sp³-hybridized carbons (Fsp3) is 0.167. The fourth-order valence-electron chi connectivity index (χ4n) is 4.49. The van der Waals surface area contributed by atoms with E-state index in [2.05, 4.69) is 49.8 Å². The Kier molecular flexibility index (Phi) is 7.80. The first-order valence-corrected chi connectivity index (χ1v) is 13.5. The number of urea groups is 1. The van der Waals surface area contributed by atoms with Crippen LogP contribution in [0.15, 0.2) is 79.1 Å². The Labute approximate surface area is 238 Å². The molecular weight excluding hydrogens is 549 g/mol. The largest absolute Gasteiger partial charge is 0.416 e. The highest BCUT2D eigenvalue weighted by Crippen LogP contribution is 2.41. The summed E-state index contributed by atoms with van der Waals surface area (Å²) in [5.74, 6) is 0.394. The van der Waals surface area contributed by atoms with Gasteiger partial charge in [-0.25, -0.2) is 14.8 Å². The van der Waals surface area contributed by atoms with Gasteiger partial charge in [0.05, 0.1) is 10.9 Å². The summed E-state index contributed by atoms with van der Waals surface area (Å²) in [5, 5.41) is 5.90. The average molecular weight is 577 g/mol. The van der Waals surface area contributed by atoms with Gasteiger partial charge < -0.3 is 21.3 Å². The highest BCUT2D eigenvalue weighted by atomic mass is 32.1. The van der Waals surface area contributed by atoms with Crippen molar-refractivity contribution in [2.24, 2.45) is 0 Å². The molecule has 2 heterocycles. The SMILES string of the molecule is CN(C)c1ccc(CCc2sc3ncnc(N)c3c2-c2ccc(NC(=O)Nc3cccc(C(F)(F)F)c3)cc2)cc1. The second kappa shape index (κ2) is 11.5. The Morgan fingerprint density at radius 3 is 2.32 bits per heavy atom. The van der Waals surface area contributed by atoms with Gasteiger partial charge in [0, 0.05) is 41.6 Å². The lowest BCUT2D eigenvalue weighted by Crippen LogP contribution is -2.19. The number of nitrogens with zero attached hydrogens (tertiary/aromatic N) is 3. The highest BCUT2D eigenvalue weighted by molar-refractivity contribution is 7.19. The number of thiophene rings is 1. The number of aryl methyl sites for hydroxylation is 2. The molecule has 4 N–H and O–H groups in total. The van der Waals surface area contributed by atoms with Crippen LogP contribution >= 0.6 is 11.3 Å². The van der Waals surface area contributed by atoms with Crippen LogP contribution in [0.1, 0.15) is 16.0 Å². The number of benzene rings is 3. The number of nitrogen functional groups attached to an aromatic ring is 1. The van der Waals surface area contributed by atoms with Gasteiger partial charge in [0.1, 0.15) is 17.0 Å². The van der Waals surface area contributed by atoms with Crippen molar-refractivity contribution >= 4 is 50.5 Å². The minimum atomic E-state index is -4.50. The van der Waals surface area contributed by atoms with Crippen molar-refractivity contribution in [1.82, 2.24) is 9.97 Å². The molecule has 5 aromatic rings. The lowest BCUT2D eigenvalue weighted by atomic mass is 9.99. The molecule has 0 aliphatic rings. The third kappa shape index (κ3) is 6.41. The van der Waals surface area contributed by atoms with Gasteiger partial charge in [-0.2, -0.15) is 13.2 Å². The summed E-state index contributed by atoms with van der Waals surface area (Å²) in [7, 11) is 4.01. The molecule has 0 unspecified atom stereocenters. The number of rotatable bonds is 7. The van der Waals surface area contributed by atoms with Crippen LogP contribution in [0.25, 0.3) is 21.3 Å². The van der Waals surface area contributed by atoms with Gasteiger partial charge in [-0.05, 0) is 66.4 Å². The molecule has 7 nitrogen and oxygen atoms in total. The molecule has 41 heavy (non-hydrogen) atoms. The van der Waals surface area contributed by atoms with Crippen LogP contribution in [0.5, 0.6) is 0 Å². The van der Waals surface area contributed by atoms with Gasteiger partial charge in [0.25, 0.3) is 0 Å². The third-order valence-electron chi connectivity index (χ3n) is 6.56. The Hall–Kier alpha value is -4.64. The zero-order chi connectivity index (χ0) is 29.1. The Morgan fingerprint density at radius 1 is 0.927 bits per heavy atom. The molecule has 11 heteroatoms. The molecule has 2 aromatic heterocycles. The molecule has 0 atom stereocenters. The zero-order valence-electron chi connectivity index (χ0n) is 22.3. The first-order valence-electron chi connectivity index (χ1n) is 12.7. The van der Waals surface area contributed by atoms with E-state index in [4.69, 9.17) is 5.73 Å². The topological polar surface area (TPSA) is 96.2 Å². The molecule has 210 valence electrons. The van der Waals surface area contributed by atoms with E-state index >= 15 is 0 Å². The Bertz CT molecular complexity index is 1680.